The summed E-state index contributed by atoms with van der Waals surface area (Å²) in [5, 5.41) is 3.45. The van der Waals surface area contributed by atoms with Gasteiger partial charge in [0.25, 0.3) is 0 Å². The Hall–Kier alpha value is -1.22. The Kier molecular flexibility index (Phi) is 6.71. The molecule has 0 amide bonds. The number of halogens is 2. The highest BCUT2D eigenvalue weighted by molar-refractivity contribution is 5.19. The van der Waals surface area contributed by atoms with Crippen molar-refractivity contribution in [2.75, 3.05) is 6.54 Å². The quantitative estimate of drug-likeness (QED) is 0.695. The molecule has 1 unspecified atom stereocenters. The minimum atomic E-state index is -0.788. The molecule has 1 nitrogen and oxygen atoms in total. The third-order valence-corrected chi connectivity index (χ3v) is 3.07. The molecule has 0 spiro atoms. The van der Waals surface area contributed by atoms with Crippen LogP contribution in [0.5, 0.6) is 0 Å². The van der Waals surface area contributed by atoms with Crippen molar-refractivity contribution in [3.63, 3.8) is 0 Å². The minimum Gasteiger partial charge on any atom is -0.314 e. The Labute approximate surface area is 114 Å². The van der Waals surface area contributed by atoms with Gasteiger partial charge in [0.05, 0.1) is 0 Å². The van der Waals surface area contributed by atoms with Crippen LogP contribution in [0, 0.1) is 11.6 Å². The third-order valence-electron chi connectivity index (χ3n) is 3.07. The van der Waals surface area contributed by atoms with Crippen LogP contribution in [0.1, 0.15) is 38.7 Å². The topological polar surface area (TPSA) is 12.0 Å². The molecule has 1 rings (SSSR count). The van der Waals surface area contributed by atoms with Gasteiger partial charge in [0, 0.05) is 6.04 Å². The molecular weight excluding hydrogens is 244 g/mol. The molecule has 0 bridgehead atoms. The van der Waals surface area contributed by atoms with Crippen molar-refractivity contribution in [3.05, 3.63) is 47.5 Å². The summed E-state index contributed by atoms with van der Waals surface area (Å²) in [6, 6.07) is 4.41. The predicted molar refractivity (Wildman–Crippen MR) is 76.2 cm³/mol. The summed E-state index contributed by atoms with van der Waals surface area (Å²) in [6.07, 6.45) is 3.69. The summed E-state index contributed by atoms with van der Waals surface area (Å²) in [6.45, 7) is 8.96. The van der Waals surface area contributed by atoms with Crippen LogP contribution < -0.4 is 5.32 Å². The van der Waals surface area contributed by atoms with E-state index in [9.17, 15) is 8.78 Å². The summed E-state index contributed by atoms with van der Waals surface area (Å²) < 4.78 is 26.1. The molecule has 0 saturated carbocycles. The summed E-state index contributed by atoms with van der Waals surface area (Å²) in [4.78, 5) is 0. The Balaban J connectivity index is 2.63. The lowest BCUT2D eigenvalue weighted by Gasteiger charge is -2.19. The average Bonchev–Trinajstić information content (AvgIpc) is 2.37. The van der Waals surface area contributed by atoms with Crippen LogP contribution >= 0.6 is 0 Å². The molecule has 0 heterocycles. The monoisotopic (exact) mass is 267 g/mol. The van der Waals surface area contributed by atoms with Gasteiger partial charge in [0.1, 0.15) is 0 Å². The van der Waals surface area contributed by atoms with Gasteiger partial charge in [0.2, 0.25) is 0 Å². The molecule has 3 heteroatoms. The molecule has 1 aromatic rings. The summed E-state index contributed by atoms with van der Waals surface area (Å²) in [7, 11) is 0. The lowest BCUT2D eigenvalue weighted by atomic mass is 9.99. The standard InChI is InChI=1S/C16H23F2N/c1-4-9-19-14(7-5-12(2)3)10-13-6-8-15(17)16(18)11-13/h6,8,11,14,19H,2,4-5,7,9-10H2,1,3H3. The number of benzene rings is 1. The molecule has 0 aliphatic rings. The zero-order chi connectivity index (χ0) is 14.3. The number of hydrogen-bond donors (Lipinski definition) is 1. The molecule has 1 N–H and O–H groups in total. The van der Waals surface area contributed by atoms with Gasteiger partial charge in [0.15, 0.2) is 11.6 Å². The van der Waals surface area contributed by atoms with Crippen LogP contribution in [-0.4, -0.2) is 12.6 Å². The van der Waals surface area contributed by atoms with Crippen molar-refractivity contribution in [2.45, 2.75) is 45.6 Å². The molecule has 0 radical (unpaired) electrons. The molecule has 1 aromatic carbocycles. The molecule has 0 aromatic heterocycles. The highest BCUT2D eigenvalue weighted by Crippen LogP contribution is 2.14. The van der Waals surface area contributed by atoms with Crippen molar-refractivity contribution >= 4 is 0 Å². The first kappa shape index (κ1) is 15.8. The molecule has 0 fully saturated rings. The van der Waals surface area contributed by atoms with E-state index in [0.29, 0.717) is 6.42 Å². The molecule has 0 aliphatic carbocycles. The predicted octanol–water partition coefficient (Wildman–Crippen LogP) is 4.23. The molecular formula is C16H23F2N. The maximum Gasteiger partial charge on any atom is 0.159 e. The maximum absolute atomic E-state index is 13.2. The zero-order valence-corrected chi connectivity index (χ0v) is 11.8. The molecule has 106 valence electrons. The Morgan fingerprint density at radius 2 is 2.05 bits per heavy atom. The normalized spacial score (nSPS) is 12.4. The summed E-state index contributed by atoms with van der Waals surface area (Å²) in [5.41, 5.74) is 1.97. The second kappa shape index (κ2) is 8.05. The highest BCUT2D eigenvalue weighted by atomic mass is 19.2. The molecule has 0 aliphatic heterocycles. The number of nitrogens with one attached hydrogen (secondary N) is 1. The molecule has 0 saturated heterocycles. The highest BCUT2D eigenvalue weighted by Gasteiger charge is 2.10. The first-order chi connectivity index (χ1) is 9.02. The van der Waals surface area contributed by atoms with E-state index < -0.39 is 11.6 Å². The van der Waals surface area contributed by atoms with E-state index in [-0.39, 0.29) is 6.04 Å². The number of hydrogen-bond acceptors (Lipinski definition) is 1. The fraction of sp³-hybridized carbons (Fsp3) is 0.500. The lowest BCUT2D eigenvalue weighted by molar-refractivity contribution is 0.472. The second-order valence-corrected chi connectivity index (χ2v) is 5.10. The van der Waals surface area contributed by atoms with Crippen LogP contribution in [-0.2, 0) is 6.42 Å². The Morgan fingerprint density at radius 3 is 2.63 bits per heavy atom. The van der Waals surface area contributed by atoms with Crippen molar-refractivity contribution in [3.8, 4) is 0 Å². The maximum atomic E-state index is 13.2. The van der Waals surface area contributed by atoms with E-state index in [2.05, 4.69) is 18.8 Å². The SMILES string of the molecule is C=C(C)CCC(Cc1ccc(F)c(F)c1)NCCC. The molecule has 19 heavy (non-hydrogen) atoms. The summed E-state index contributed by atoms with van der Waals surface area (Å²) >= 11 is 0. The fourth-order valence-electron chi connectivity index (χ4n) is 2.00. The first-order valence-corrected chi connectivity index (χ1v) is 6.84. The van der Waals surface area contributed by atoms with Crippen LogP contribution in [0.3, 0.4) is 0 Å². The van der Waals surface area contributed by atoms with E-state index in [1.165, 1.54) is 12.1 Å². The van der Waals surface area contributed by atoms with Crippen LogP contribution in [0.25, 0.3) is 0 Å². The van der Waals surface area contributed by atoms with E-state index in [0.717, 1.165) is 36.9 Å². The van der Waals surface area contributed by atoms with Crippen molar-refractivity contribution in [1.29, 1.82) is 0 Å². The van der Waals surface area contributed by atoms with E-state index in [1.807, 2.05) is 6.92 Å². The fourth-order valence-corrected chi connectivity index (χ4v) is 2.00. The second-order valence-electron chi connectivity index (χ2n) is 5.10. The van der Waals surface area contributed by atoms with E-state index >= 15 is 0 Å². The summed E-state index contributed by atoms with van der Waals surface area (Å²) in [5.74, 6) is -1.56. The van der Waals surface area contributed by atoms with Gasteiger partial charge in [-0.1, -0.05) is 18.6 Å². The van der Waals surface area contributed by atoms with Crippen LogP contribution in [0.4, 0.5) is 8.78 Å². The Bertz CT molecular complexity index is 415. The third kappa shape index (κ3) is 5.97. The Morgan fingerprint density at radius 1 is 1.32 bits per heavy atom. The largest absolute Gasteiger partial charge is 0.314 e. The van der Waals surface area contributed by atoms with Crippen molar-refractivity contribution in [2.24, 2.45) is 0 Å². The van der Waals surface area contributed by atoms with Crippen molar-refractivity contribution < 1.29 is 8.78 Å². The average molecular weight is 267 g/mol. The van der Waals surface area contributed by atoms with Gasteiger partial charge >= 0.3 is 0 Å². The van der Waals surface area contributed by atoms with Gasteiger partial charge < -0.3 is 5.32 Å². The van der Waals surface area contributed by atoms with Gasteiger partial charge in [-0.15, -0.1) is 6.58 Å². The minimum absolute atomic E-state index is 0.279. The van der Waals surface area contributed by atoms with E-state index in [4.69, 9.17) is 0 Å². The van der Waals surface area contributed by atoms with Gasteiger partial charge in [-0.25, -0.2) is 8.78 Å². The van der Waals surface area contributed by atoms with Crippen LogP contribution in [0.2, 0.25) is 0 Å². The molecule has 1 atom stereocenters. The lowest BCUT2D eigenvalue weighted by Crippen LogP contribution is -2.31. The van der Waals surface area contributed by atoms with Gasteiger partial charge in [-0.2, -0.15) is 0 Å². The first-order valence-electron chi connectivity index (χ1n) is 6.84. The number of allylic oxidation sites excluding steroid dienone is 1. The zero-order valence-electron chi connectivity index (χ0n) is 11.8. The number of rotatable bonds is 8. The smallest absolute Gasteiger partial charge is 0.159 e. The van der Waals surface area contributed by atoms with Crippen LogP contribution in [0.15, 0.2) is 30.4 Å². The van der Waals surface area contributed by atoms with Gasteiger partial charge in [-0.3, -0.25) is 0 Å². The van der Waals surface area contributed by atoms with E-state index in [1.54, 1.807) is 6.07 Å². The van der Waals surface area contributed by atoms with Crippen molar-refractivity contribution in [1.82, 2.24) is 5.32 Å². The van der Waals surface area contributed by atoms with Gasteiger partial charge in [-0.05, 0) is 56.8 Å².